The van der Waals surface area contributed by atoms with Gasteiger partial charge < -0.3 is 14.7 Å². The summed E-state index contributed by atoms with van der Waals surface area (Å²) in [7, 11) is 2.10. The van der Waals surface area contributed by atoms with Gasteiger partial charge in [0.15, 0.2) is 5.82 Å². The van der Waals surface area contributed by atoms with E-state index in [-0.39, 0.29) is 11.6 Å². The lowest BCUT2D eigenvalue weighted by Gasteiger charge is -2.44. The number of phenolic OH excluding ortho intramolecular Hbond substituents is 1. The highest BCUT2D eigenvalue weighted by molar-refractivity contribution is 5.74. The quantitative estimate of drug-likeness (QED) is 0.446. The van der Waals surface area contributed by atoms with Crippen molar-refractivity contribution in [2.45, 2.75) is 58.6 Å². The standard InChI is InChI=1S/C27H30F2N4O2/c1-26-9-10-27(2,16-26)15-19(14-26)33(3)23-7-6-21(31-32-23)20-5-4-17(12-22(20)34)18-8-11-30-24(13-18)35-25(28)29/h4-8,11-13,19,25,34H,9-10,14-16H2,1-3H3/t19?,26-,27+. The molecule has 5 rings (SSSR count). The first-order chi connectivity index (χ1) is 16.6. The van der Waals surface area contributed by atoms with Crippen molar-refractivity contribution in [2.75, 3.05) is 11.9 Å². The maximum Gasteiger partial charge on any atom is 0.388 e. The van der Waals surface area contributed by atoms with Gasteiger partial charge in [0.25, 0.3) is 0 Å². The minimum Gasteiger partial charge on any atom is -0.507 e. The monoisotopic (exact) mass is 480 g/mol. The van der Waals surface area contributed by atoms with Crippen LogP contribution < -0.4 is 9.64 Å². The lowest BCUT2D eigenvalue weighted by Crippen LogP contribution is -2.42. The number of benzene rings is 1. The number of hydrogen-bond donors (Lipinski definition) is 1. The van der Waals surface area contributed by atoms with E-state index in [0.29, 0.717) is 39.3 Å². The third-order valence-corrected chi connectivity index (χ3v) is 7.75. The predicted molar refractivity (Wildman–Crippen MR) is 130 cm³/mol. The molecule has 2 aliphatic carbocycles. The first kappa shape index (κ1) is 23.5. The number of hydrogen-bond acceptors (Lipinski definition) is 6. The molecular weight excluding hydrogens is 450 g/mol. The summed E-state index contributed by atoms with van der Waals surface area (Å²) in [4.78, 5) is 6.03. The Labute approximate surface area is 204 Å². The fourth-order valence-electron chi connectivity index (χ4n) is 6.16. The molecule has 6 nitrogen and oxygen atoms in total. The number of rotatable bonds is 6. The van der Waals surface area contributed by atoms with E-state index < -0.39 is 6.61 Å². The molecule has 3 aromatic rings. The average Bonchev–Trinajstić information content (AvgIpc) is 3.05. The largest absolute Gasteiger partial charge is 0.507 e. The Morgan fingerprint density at radius 3 is 2.34 bits per heavy atom. The van der Waals surface area contributed by atoms with Crippen LogP contribution in [0.15, 0.2) is 48.7 Å². The molecule has 35 heavy (non-hydrogen) atoms. The second-order valence-electron chi connectivity index (χ2n) is 10.7. The number of pyridine rings is 1. The summed E-state index contributed by atoms with van der Waals surface area (Å²) in [5.74, 6) is 0.669. The topological polar surface area (TPSA) is 71.4 Å². The highest BCUT2D eigenvalue weighted by Crippen LogP contribution is 2.58. The molecule has 2 heterocycles. The van der Waals surface area contributed by atoms with Crippen LogP contribution in [0.4, 0.5) is 14.6 Å². The summed E-state index contributed by atoms with van der Waals surface area (Å²) in [5.41, 5.74) is 3.17. The van der Waals surface area contributed by atoms with E-state index in [2.05, 4.69) is 45.7 Å². The van der Waals surface area contributed by atoms with Gasteiger partial charge >= 0.3 is 6.61 Å². The molecular formula is C27H30F2N4O2. The van der Waals surface area contributed by atoms with Crippen LogP contribution in [0.3, 0.4) is 0 Å². The molecule has 1 aromatic carbocycles. The van der Waals surface area contributed by atoms with Crippen molar-refractivity contribution >= 4 is 5.82 Å². The molecule has 0 spiro atoms. The van der Waals surface area contributed by atoms with Crippen LogP contribution in [-0.2, 0) is 0 Å². The van der Waals surface area contributed by atoms with Gasteiger partial charge in [0.05, 0.1) is 5.69 Å². The van der Waals surface area contributed by atoms with Gasteiger partial charge in [-0.2, -0.15) is 8.78 Å². The van der Waals surface area contributed by atoms with E-state index in [1.807, 2.05) is 12.1 Å². The number of phenols is 1. The molecule has 3 atom stereocenters. The molecule has 2 saturated carbocycles. The molecule has 2 bridgehead atoms. The second-order valence-corrected chi connectivity index (χ2v) is 10.7. The van der Waals surface area contributed by atoms with Crippen LogP contribution >= 0.6 is 0 Å². The van der Waals surface area contributed by atoms with E-state index >= 15 is 0 Å². The number of nitrogens with zero attached hydrogens (tertiary/aromatic N) is 4. The molecule has 2 aromatic heterocycles. The van der Waals surface area contributed by atoms with Crippen LogP contribution in [0.25, 0.3) is 22.4 Å². The molecule has 0 amide bonds. The van der Waals surface area contributed by atoms with Gasteiger partial charge in [0.2, 0.25) is 5.88 Å². The number of aromatic hydroxyl groups is 1. The fraction of sp³-hybridized carbons (Fsp3) is 0.444. The van der Waals surface area contributed by atoms with Gasteiger partial charge in [-0.1, -0.05) is 19.9 Å². The van der Waals surface area contributed by atoms with Crippen LogP contribution in [0, 0.1) is 10.8 Å². The van der Waals surface area contributed by atoms with E-state index in [4.69, 9.17) is 0 Å². The zero-order valence-corrected chi connectivity index (χ0v) is 20.2. The number of fused-ring (bicyclic) bond motifs is 2. The minimum atomic E-state index is -2.95. The smallest absolute Gasteiger partial charge is 0.388 e. The van der Waals surface area contributed by atoms with Crippen molar-refractivity contribution in [3.8, 4) is 34.0 Å². The SMILES string of the molecule is CN(c1ccc(-c2ccc(-c3ccnc(OC(F)F)c3)cc2O)nn1)C1C[C@]2(C)CC[C@](C)(C1)C2. The highest BCUT2D eigenvalue weighted by Gasteiger charge is 2.50. The zero-order valence-electron chi connectivity index (χ0n) is 20.2. The summed E-state index contributed by atoms with van der Waals surface area (Å²) in [6.07, 6.45) is 7.64. The Hall–Kier alpha value is -3.29. The van der Waals surface area contributed by atoms with Gasteiger partial charge in [0.1, 0.15) is 5.75 Å². The van der Waals surface area contributed by atoms with Crippen LogP contribution in [0.1, 0.15) is 46.0 Å². The first-order valence-electron chi connectivity index (χ1n) is 11.9. The van der Waals surface area contributed by atoms with Crippen molar-refractivity contribution in [2.24, 2.45) is 10.8 Å². The van der Waals surface area contributed by atoms with Gasteiger partial charge in [-0.3, -0.25) is 0 Å². The van der Waals surface area contributed by atoms with Gasteiger partial charge in [-0.25, -0.2) is 4.98 Å². The van der Waals surface area contributed by atoms with Crippen LogP contribution in [0.5, 0.6) is 11.6 Å². The number of aromatic nitrogens is 3. The summed E-state index contributed by atoms with van der Waals surface area (Å²) in [6, 6.07) is 12.4. The van der Waals surface area contributed by atoms with E-state index in [1.54, 1.807) is 24.3 Å². The summed E-state index contributed by atoms with van der Waals surface area (Å²) < 4.78 is 29.4. The van der Waals surface area contributed by atoms with Crippen molar-refractivity contribution < 1.29 is 18.6 Å². The predicted octanol–water partition coefficient (Wildman–Crippen LogP) is 6.31. The lowest BCUT2D eigenvalue weighted by molar-refractivity contribution is -0.0528. The first-order valence-corrected chi connectivity index (χ1v) is 11.9. The van der Waals surface area contributed by atoms with Crippen molar-refractivity contribution in [3.63, 3.8) is 0 Å². The molecule has 2 aliphatic rings. The van der Waals surface area contributed by atoms with E-state index in [1.165, 1.54) is 44.4 Å². The van der Waals surface area contributed by atoms with Gasteiger partial charge in [-0.15, -0.1) is 10.2 Å². The molecule has 1 N–H and O–H groups in total. The molecule has 2 fully saturated rings. The zero-order chi connectivity index (χ0) is 24.8. The summed E-state index contributed by atoms with van der Waals surface area (Å²) in [6.45, 7) is 1.88. The van der Waals surface area contributed by atoms with Crippen LogP contribution in [-0.4, -0.2) is 40.0 Å². The Bertz CT molecular complexity index is 1200. The summed E-state index contributed by atoms with van der Waals surface area (Å²) in [5, 5.41) is 19.6. The Kier molecular flexibility index (Phi) is 5.85. The van der Waals surface area contributed by atoms with Gasteiger partial charge in [-0.05, 0) is 84.4 Å². The van der Waals surface area contributed by atoms with E-state index in [0.717, 1.165) is 5.82 Å². The van der Waals surface area contributed by atoms with Crippen molar-refractivity contribution in [1.82, 2.24) is 15.2 Å². The third kappa shape index (κ3) is 4.79. The van der Waals surface area contributed by atoms with E-state index in [9.17, 15) is 13.9 Å². The van der Waals surface area contributed by atoms with Crippen molar-refractivity contribution in [1.29, 1.82) is 0 Å². The van der Waals surface area contributed by atoms with Crippen molar-refractivity contribution in [3.05, 3.63) is 48.7 Å². The second kappa shape index (κ2) is 8.73. The minimum absolute atomic E-state index is 0.0238. The molecule has 0 aliphatic heterocycles. The Morgan fingerprint density at radius 2 is 1.71 bits per heavy atom. The van der Waals surface area contributed by atoms with Crippen LogP contribution in [0.2, 0.25) is 0 Å². The molecule has 0 radical (unpaired) electrons. The highest BCUT2D eigenvalue weighted by atomic mass is 19.3. The lowest BCUT2D eigenvalue weighted by atomic mass is 9.68. The molecule has 0 saturated heterocycles. The fourth-order valence-corrected chi connectivity index (χ4v) is 6.16. The maximum absolute atomic E-state index is 12.5. The molecule has 184 valence electrons. The number of halogens is 2. The normalized spacial score (nSPS) is 25.6. The Balaban J connectivity index is 1.33. The number of alkyl halides is 2. The molecule has 8 heteroatoms. The molecule has 1 unspecified atom stereocenters. The maximum atomic E-state index is 12.5. The van der Waals surface area contributed by atoms with Gasteiger partial charge in [0, 0.05) is 30.9 Å². The summed E-state index contributed by atoms with van der Waals surface area (Å²) >= 11 is 0. The number of ether oxygens (including phenoxy) is 1. The Morgan fingerprint density at radius 1 is 1.00 bits per heavy atom. The number of anilines is 1. The average molecular weight is 481 g/mol. The third-order valence-electron chi connectivity index (χ3n) is 7.75.